The summed E-state index contributed by atoms with van der Waals surface area (Å²) in [4.78, 5) is 0. The predicted octanol–water partition coefficient (Wildman–Crippen LogP) is 1.59. The van der Waals surface area contributed by atoms with Gasteiger partial charge in [-0.05, 0) is 6.07 Å². The molecular weight excluding hydrogens is 166 g/mol. The zero-order valence-electron chi connectivity index (χ0n) is 7.53. The van der Waals surface area contributed by atoms with Crippen LogP contribution in [0.25, 0.3) is 0 Å². The van der Waals surface area contributed by atoms with Gasteiger partial charge in [-0.3, -0.25) is 0 Å². The Balaban J connectivity index is 3.19. The molecule has 0 spiro atoms. The van der Waals surface area contributed by atoms with Crippen LogP contribution in [-0.2, 0) is 0 Å². The second-order valence-corrected chi connectivity index (χ2v) is 2.66. The highest BCUT2D eigenvalue weighted by atomic mass is 16.5. The van der Waals surface area contributed by atoms with Gasteiger partial charge in [-0.15, -0.1) is 6.58 Å². The van der Waals surface area contributed by atoms with Gasteiger partial charge in [0, 0.05) is 5.56 Å². The second-order valence-electron chi connectivity index (χ2n) is 2.66. The lowest BCUT2D eigenvalue weighted by atomic mass is 10.1. The van der Waals surface area contributed by atoms with Gasteiger partial charge < -0.3 is 15.6 Å². The first-order chi connectivity index (χ1) is 6.20. The molecule has 1 atom stereocenters. The van der Waals surface area contributed by atoms with Crippen molar-refractivity contribution in [2.45, 2.75) is 6.04 Å². The SMILES string of the molecule is C=CC(N)c1cccc(O)c1OC. The van der Waals surface area contributed by atoms with Crippen molar-refractivity contribution in [1.29, 1.82) is 0 Å². The average Bonchev–Trinajstić information content (AvgIpc) is 2.16. The maximum Gasteiger partial charge on any atom is 0.165 e. The fourth-order valence-electron chi connectivity index (χ4n) is 1.15. The third-order valence-corrected chi connectivity index (χ3v) is 1.84. The Kier molecular flexibility index (Phi) is 2.93. The molecule has 0 radical (unpaired) electrons. The molecule has 1 unspecified atom stereocenters. The Morgan fingerprint density at radius 1 is 1.62 bits per heavy atom. The summed E-state index contributed by atoms with van der Waals surface area (Å²) in [5.41, 5.74) is 6.46. The summed E-state index contributed by atoms with van der Waals surface area (Å²) < 4.78 is 5.02. The van der Waals surface area contributed by atoms with Gasteiger partial charge in [0.1, 0.15) is 0 Å². The van der Waals surface area contributed by atoms with E-state index in [-0.39, 0.29) is 11.8 Å². The van der Waals surface area contributed by atoms with Crippen molar-refractivity contribution in [2.24, 2.45) is 5.73 Å². The number of hydrogen-bond acceptors (Lipinski definition) is 3. The molecule has 3 N–H and O–H groups in total. The summed E-state index contributed by atoms with van der Waals surface area (Å²) in [6.07, 6.45) is 1.59. The molecule has 0 saturated heterocycles. The summed E-state index contributed by atoms with van der Waals surface area (Å²) in [7, 11) is 1.49. The van der Waals surface area contributed by atoms with Crippen LogP contribution in [0.3, 0.4) is 0 Å². The molecule has 1 aromatic rings. The normalized spacial score (nSPS) is 12.2. The Morgan fingerprint density at radius 3 is 2.85 bits per heavy atom. The third kappa shape index (κ3) is 1.81. The lowest BCUT2D eigenvalue weighted by Crippen LogP contribution is -2.08. The minimum absolute atomic E-state index is 0.0947. The number of benzene rings is 1. The van der Waals surface area contributed by atoms with Crippen molar-refractivity contribution in [3.05, 3.63) is 36.4 Å². The highest BCUT2D eigenvalue weighted by Crippen LogP contribution is 2.32. The van der Waals surface area contributed by atoms with Gasteiger partial charge in [-0.25, -0.2) is 0 Å². The highest BCUT2D eigenvalue weighted by molar-refractivity contribution is 5.47. The minimum Gasteiger partial charge on any atom is -0.504 e. The zero-order valence-corrected chi connectivity index (χ0v) is 7.53. The summed E-state index contributed by atoms with van der Waals surface area (Å²) in [5, 5.41) is 9.42. The summed E-state index contributed by atoms with van der Waals surface area (Å²) in [6, 6.07) is 4.75. The molecule has 13 heavy (non-hydrogen) atoms. The fourth-order valence-corrected chi connectivity index (χ4v) is 1.15. The van der Waals surface area contributed by atoms with Crippen LogP contribution < -0.4 is 10.5 Å². The quantitative estimate of drug-likeness (QED) is 0.693. The molecule has 0 bridgehead atoms. The molecule has 0 aliphatic carbocycles. The van der Waals surface area contributed by atoms with Crippen molar-refractivity contribution < 1.29 is 9.84 Å². The van der Waals surface area contributed by atoms with Gasteiger partial charge >= 0.3 is 0 Å². The molecule has 0 aromatic heterocycles. The van der Waals surface area contributed by atoms with Gasteiger partial charge in [0.2, 0.25) is 0 Å². The number of aromatic hydroxyl groups is 1. The summed E-state index contributed by atoms with van der Waals surface area (Å²) in [6.45, 7) is 3.58. The van der Waals surface area contributed by atoms with E-state index in [0.29, 0.717) is 5.75 Å². The first-order valence-corrected chi connectivity index (χ1v) is 3.94. The maximum atomic E-state index is 9.42. The fraction of sp³-hybridized carbons (Fsp3) is 0.200. The molecule has 1 aromatic carbocycles. The lowest BCUT2D eigenvalue weighted by Gasteiger charge is -2.12. The topological polar surface area (TPSA) is 55.5 Å². The van der Waals surface area contributed by atoms with Crippen molar-refractivity contribution >= 4 is 0 Å². The van der Waals surface area contributed by atoms with Crippen LogP contribution in [0.15, 0.2) is 30.9 Å². The largest absolute Gasteiger partial charge is 0.504 e. The molecule has 0 aliphatic rings. The van der Waals surface area contributed by atoms with Crippen molar-refractivity contribution in [3.8, 4) is 11.5 Å². The van der Waals surface area contributed by atoms with Gasteiger partial charge in [0.25, 0.3) is 0 Å². The average molecular weight is 179 g/mol. The number of rotatable bonds is 3. The van der Waals surface area contributed by atoms with Crippen LogP contribution in [0.1, 0.15) is 11.6 Å². The van der Waals surface area contributed by atoms with Crippen LogP contribution in [0.4, 0.5) is 0 Å². The monoisotopic (exact) mass is 179 g/mol. The van der Waals surface area contributed by atoms with E-state index in [1.165, 1.54) is 7.11 Å². The van der Waals surface area contributed by atoms with E-state index in [0.717, 1.165) is 5.56 Å². The first-order valence-electron chi connectivity index (χ1n) is 3.94. The lowest BCUT2D eigenvalue weighted by molar-refractivity contribution is 0.368. The van der Waals surface area contributed by atoms with E-state index in [2.05, 4.69) is 6.58 Å². The van der Waals surface area contributed by atoms with Gasteiger partial charge in [0.15, 0.2) is 11.5 Å². The number of phenolic OH excluding ortho intramolecular Hbond substituents is 1. The predicted molar refractivity (Wildman–Crippen MR) is 51.8 cm³/mol. The highest BCUT2D eigenvalue weighted by Gasteiger charge is 2.11. The minimum atomic E-state index is -0.318. The standard InChI is InChI=1S/C10H13NO2/c1-3-8(11)7-5-4-6-9(12)10(7)13-2/h3-6,8,12H,1,11H2,2H3. The van der Waals surface area contributed by atoms with Crippen molar-refractivity contribution in [2.75, 3.05) is 7.11 Å². The van der Waals surface area contributed by atoms with Crippen molar-refractivity contribution in [3.63, 3.8) is 0 Å². The number of para-hydroxylation sites is 1. The summed E-state index contributed by atoms with van der Waals surface area (Å²) in [5.74, 6) is 0.507. The van der Waals surface area contributed by atoms with Gasteiger partial charge in [-0.2, -0.15) is 0 Å². The van der Waals surface area contributed by atoms with E-state index >= 15 is 0 Å². The molecule has 1 rings (SSSR count). The van der Waals surface area contributed by atoms with Crippen LogP contribution >= 0.6 is 0 Å². The number of phenols is 1. The van der Waals surface area contributed by atoms with E-state index in [4.69, 9.17) is 10.5 Å². The Bertz CT molecular complexity index is 310. The Labute approximate surface area is 77.4 Å². The molecule has 0 heterocycles. The van der Waals surface area contributed by atoms with E-state index in [9.17, 15) is 5.11 Å². The maximum absolute atomic E-state index is 9.42. The smallest absolute Gasteiger partial charge is 0.165 e. The molecule has 0 saturated carbocycles. The van der Waals surface area contributed by atoms with Crippen LogP contribution in [0.5, 0.6) is 11.5 Å². The molecular formula is C10H13NO2. The van der Waals surface area contributed by atoms with Crippen LogP contribution in [-0.4, -0.2) is 12.2 Å². The van der Waals surface area contributed by atoms with E-state index in [1.807, 2.05) is 0 Å². The van der Waals surface area contributed by atoms with E-state index < -0.39 is 0 Å². The second kappa shape index (κ2) is 3.96. The number of methoxy groups -OCH3 is 1. The molecule has 0 aliphatic heterocycles. The number of ether oxygens (including phenoxy) is 1. The van der Waals surface area contributed by atoms with E-state index in [1.54, 1.807) is 24.3 Å². The Hall–Kier alpha value is -1.48. The summed E-state index contributed by atoms with van der Waals surface area (Å²) >= 11 is 0. The van der Waals surface area contributed by atoms with Gasteiger partial charge in [0.05, 0.1) is 13.2 Å². The van der Waals surface area contributed by atoms with Gasteiger partial charge in [-0.1, -0.05) is 18.2 Å². The third-order valence-electron chi connectivity index (χ3n) is 1.84. The molecule has 0 amide bonds. The number of hydrogen-bond donors (Lipinski definition) is 2. The molecule has 3 heteroatoms. The first kappa shape index (κ1) is 9.61. The number of nitrogens with two attached hydrogens (primary N) is 1. The molecule has 70 valence electrons. The Morgan fingerprint density at radius 2 is 2.31 bits per heavy atom. The molecule has 3 nitrogen and oxygen atoms in total. The van der Waals surface area contributed by atoms with Crippen LogP contribution in [0, 0.1) is 0 Å². The van der Waals surface area contributed by atoms with Crippen molar-refractivity contribution in [1.82, 2.24) is 0 Å². The zero-order chi connectivity index (χ0) is 9.84. The molecule has 0 fully saturated rings. The van der Waals surface area contributed by atoms with Crippen LogP contribution in [0.2, 0.25) is 0 Å².